The molecule has 3 fully saturated rings. The van der Waals surface area contributed by atoms with Gasteiger partial charge in [0.1, 0.15) is 5.39 Å². The van der Waals surface area contributed by atoms with Crippen molar-refractivity contribution in [3.63, 3.8) is 0 Å². The van der Waals surface area contributed by atoms with Gasteiger partial charge in [0, 0.05) is 36.2 Å². The van der Waals surface area contributed by atoms with Crippen LogP contribution in [0.2, 0.25) is 0 Å². The van der Waals surface area contributed by atoms with Gasteiger partial charge in [-0.2, -0.15) is 13.2 Å². The molecule has 1 aromatic carbocycles. The average Bonchev–Trinajstić information content (AvgIpc) is 3.62. The number of benzene rings is 1. The maximum Gasteiger partial charge on any atom is 0.393 e. The monoisotopic (exact) mass is 456 g/mol. The quantitative estimate of drug-likeness (QED) is 0.690. The summed E-state index contributed by atoms with van der Waals surface area (Å²) < 4.78 is 63.8. The first-order valence-electron chi connectivity index (χ1n) is 10.6. The number of hydrogen-bond acceptors (Lipinski definition) is 5. The zero-order chi connectivity index (χ0) is 23.2. The van der Waals surface area contributed by atoms with Gasteiger partial charge in [0.05, 0.1) is 24.2 Å². The van der Waals surface area contributed by atoms with Gasteiger partial charge in [-0.05, 0) is 32.6 Å². The summed E-state index contributed by atoms with van der Waals surface area (Å²) in [5, 5.41) is -0.113. The van der Waals surface area contributed by atoms with Crippen LogP contribution in [-0.2, 0) is 0 Å². The zero-order valence-electron chi connectivity index (χ0n) is 17.7. The number of halogens is 4. The van der Waals surface area contributed by atoms with Crippen molar-refractivity contribution in [3.8, 4) is 5.75 Å². The van der Waals surface area contributed by atoms with Crippen LogP contribution >= 0.6 is 0 Å². The summed E-state index contributed by atoms with van der Waals surface area (Å²) in [5.41, 5.74) is 4.23. The van der Waals surface area contributed by atoms with Gasteiger partial charge < -0.3 is 15.4 Å². The molecule has 1 aliphatic heterocycles. The summed E-state index contributed by atoms with van der Waals surface area (Å²) in [6.45, 7) is 1.02. The molecule has 0 amide bonds. The van der Waals surface area contributed by atoms with Crippen molar-refractivity contribution in [2.75, 3.05) is 25.1 Å². The molecule has 2 saturated carbocycles. The number of anilines is 1. The fourth-order valence-electron chi connectivity index (χ4n) is 5.29. The first-order valence-corrected chi connectivity index (χ1v) is 10.6. The lowest BCUT2D eigenvalue weighted by Crippen LogP contribution is -2.42. The number of aryl methyl sites for hydroxylation is 1. The molecule has 7 nitrogen and oxygen atoms in total. The molecule has 11 heteroatoms. The number of nitrogens with two attached hydrogens (primary N) is 1. The van der Waals surface area contributed by atoms with Crippen LogP contribution in [-0.4, -0.2) is 41.5 Å². The number of alkyl halides is 3. The molecule has 2 unspecified atom stereocenters. The predicted octanol–water partition coefficient (Wildman–Crippen LogP) is 2.59. The topological polar surface area (TPSA) is 93.3 Å². The van der Waals surface area contributed by atoms with Crippen LogP contribution in [0.1, 0.15) is 37.3 Å². The van der Waals surface area contributed by atoms with E-state index in [2.05, 4.69) is 4.98 Å². The van der Waals surface area contributed by atoms with E-state index >= 15 is 4.39 Å². The molecule has 3 N–H and O–H groups in total. The molecule has 0 spiro atoms. The van der Waals surface area contributed by atoms with Crippen molar-refractivity contribution < 1.29 is 22.3 Å². The largest absolute Gasteiger partial charge is 0.493 e. The van der Waals surface area contributed by atoms with Crippen molar-refractivity contribution in [1.29, 1.82) is 0 Å². The average molecular weight is 456 g/mol. The molecular weight excluding hydrogens is 432 g/mol. The number of nitrogens with one attached hydrogen (secondary N) is 1. The second-order valence-electron chi connectivity index (χ2n) is 9.30. The Labute approximate surface area is 180 Å². The number of H-pyrrole nitrogens is 1. The molecule has 0 radical (unpaired) electrons. The Morgan fingerprint density at radius 1 is 1.19 bits per heavy atom. The molecule has 2 aromatic rings. The second kappa shape index (κ2) is 6.72. The van der Waals surface area contributed by atoms with Crippen molar-refractivity contribution in [2.24, 2.45) is 17.6 Å². The normalized spacial score (nSPS) is 24.9. The Balaban J connectivity index is 1.74. The Bertz CT molecular complexity index is 1210. The number of methoxy groups -OCH3 is 1. The van der Waals surface area contributed by atoms with E-state index in [4.69, 9.17) is 10.5 Å². The van der Waals surface area contributed by atoms with Gasteiger partial charge in [-0.15, -0.1) is 0 Å². The maximum atomic E-state index is 15.7. The summed E-state index contributed by atoms with van der Waals surface area (Å²) >= 11 is 0. The van der Waals surface area contributed by atoms with E-state index in [1.54, 1.807) is 0 Å². The number of rotatable bonds is 4. The number of fused-ring (bicyclic) bond motifs is 1. The van der Waals surface area contributed by atoms with E-state index in [1.165, 1.54) is 23.5 Å². The fraction of sp³-hybridized carbons (Fsp3) is 0.619. The highest BCUT2D eigenvalue weighted by Gasteiger charge is 2.60. The minimum absolute atomic E-state index is 0.0655. The summed E-state index contributed by atoms with van der Waals surface area (Å²) in [6, 6.07) is -0.156. The van der Waals surface area contributed by atoms with Gasteiger partial charge in [0.2, 0.25) is 0 Å². The maximum absolute atomic E-state index is 15.7. The van der Waals surface area contributed by atoms with E-state index < -0.39 is 47.2 Å². The van der Waals surface area contributed by atoms with Gasteiger partial charge >= 0.3 is 11.9 Å². The molecule has 2 aliphatic carbocycles. The first kappa shape index (κ1) is 21.3. The van der Waals surface area contributed by atoms with Crippen LogP contribution in [0.3, 0.4) is 0 Å². The van der Waals surface area contributed by atoms with E-state index in [0.717, 1.165) is 0 Å². The molecule has 0 bridgehead atoms. The third kappa shape index (κ3) is 3.04. The highest BCUT2D eigenvalue weighted by Crippen LogP contribution is 2.52. The molecule has 1 saturated heterocycles. The predicted molar refractivity (Wildman–Crippen MR) is 110 cm³/mol. The Morgan fingerprint density at radius 2 is 1.84 bits per heavy atom. The van der Waals surface area contributed by atoms with Crippen molar-refractivity contribution >= 4 is 16.6 Å². The lowest BCUT2D eigenvalue weighted by molar-refractivity contribution is -0.181. The third-order valence-corrected chi connectivity index (χ3v) is 7.23. The van der Waals surface area contributed by atoms with Gasteiger partial charge in [-0.25, -0.2) is 9.18 Å². The first-order chi connectivity index (χ1) is 15.0. The van der Waals surface area contributed by atoms with E-state index in [0.29, 0.717) is 25.7 Å². The van der Waals surface area contributed by atoms with Crippen LogP contribution in [0.4, 0.5) is 23.2 Å². The molecular formula is C21H24F4N4O3. The molecule has 1 aromatic heterocycles. The Kier molecular flexibility index (Phi) is 4.47. The lowest BCUT2D eigenvalue weighted by Gasteiger charge is -2.26. The number of hydrogen-bond donors (Lipinski definition) is 2. The Morgan fingerprint density at radius 3 is 2.38 bits per heavy atom. The third-order valence-electron chi connectivity index (χ3n) is 7.23. The van der Waals surface area contributed by atoms with E-state index in [9.17, 15) is 22.8 Å². The summed E-state index contributed by atoms with van der Waals surface area (Å²) in [7, 11) is 1.19. The van der Waals surface area contributed by atoms with E-state index in [-0.39, 0.29) is 40.5 Å². The van der Waals surface area contributed by atoms with Gasteiger partial charge in [0.25, 0.3) is 5.56 Å². The molecule has 32 heavy (non-hydrogen) atoms. The smallest absolute Gasteiger partial charge is 0.393 e. The van der Waals surface area contributed by atoms with Crippen LogP contribution in [0.15, 0.2) is 9.59 Å². The van der Waals surface area contributed by atoms with Crippen LogP contribution in [0.5, 0.6) is 5.75 Å². The van der Waals surface area contributed by atoms with Crippen molar-refractivity contribution in [2.45, 2.75) is 50.4 Å². The Hall–Kier alpha value is -2.56. The zero-order valence-corrected chi connectivity index (χ0v) is 17.7. The molecule has 3 aliphatic rings. The molecule has 2 heterocycles. The molecule has 174 valence electrons. The van der Waals surface area contributed by atoms with Crippen molar-refractivity contribution in [1.82, 2.24) is 9.55 Å². The van der Waals surface area contributed by atoms with Crippen molar-refractivity contribution in [3.05, 3.63) is 32.2 Å². The van der Waals surface area contributed by atoms with Gasteiger partial charge in [-0.3, -0.25) is 14.3 Å². The van der Waals surface area contributed by atoms with Gasteiger partial charge in [-0.1, -0.05) is 0 Å². The standard InChI is InChI=1S/C21H24F4N4O3/c1-9-15-13(18(30)27-19(31)29(15)10-3-4-10)17(32-2)14(22)16(9)28-7-11(20(26)5-6-20)12(8-28)21(23,24)25/h10-12H,3-8,26H2,1-2H3,(H,27,30,31). The fourth-order valence-corrected chi connectivity index (χ4v) is 5.29. The number of aromatic nitrogens is 2. The minimum atomic E-state index is -4.48. The second-order valence-corrected chi connectivity index (χ2v) is 9.30. The lowest BCUT2D eigenvalue weighted by atomic mass is 9.87. The minimum Gasteiger partial charge on any atom is -0.493 e. The number of ether oxygens (including phenoxy) is 1. The van der Waals surface area contributed by atoms with Crippen LogP contribution in [0, 0.1) is 24.6 Å². The van der Waals surface area contributed by atoms with Crippen LogP contribution < -0.4 is 26.6 Å². The molecule has 5 rings (SSSR count). The van der Waals surface area contributed by atoms with Gasteiger partial charge in [0.15, 0.2) is 11.6 Å². The molecule has 2 atom stereocenters. The van der Waals surface area contributed by atoms with E-state index in [1.807, 2.05) is 0 Å². The summed E-state index contributed by atoms with van der Waals surface area (Å²) in [5.74, 6) is -3.85. The summed E-state index contributed by atoms with van der Waals surface area (Å²) in [4.78, 5) is 28.7. The highest BCUT2D eigenvalue weighted by atomic mass is 19.4. The highest BCUT2D eigenvalue weighted by molar-refractivity contribution is 5.93. The van der Waals surface area contributed by atoms with Crippen LogP contribution in [0.25, 0.3) is 10.9 Å². The SMILES string of the molecule is COc1c(F)c(N2CC(C(F)(F)F)C(C3(N)CC3)C2)c(C)c2c1c(=O)[nH]c(=O)n2C1CC1. The number of nitrogens with zero attached hydrogens (tertiary/aromatic N) is 2. The number of aromatic amines is 1. The summed E-state index contributed by atoms with van der Waals surface area (Å²) in [6.07, 6.45) is -2.05.